The number of aliphatic hydroxyl groups excluding tert-OH is 3. The number of fused-ring (bicyclic) bond motifs is 1. The number of hydrogen-bond donors (Lipinski definition) is 5. The minimum Gasteiger partial charge on any atom is -0.392 e. The number of H-pyrrole nitrogens is 1. The van der Waals surface area contributed by atoms with Gasteiger partial charge in [-0.3, -0.25) is 9.78 Å². The molecule has 6 N–H and O–H groups in total. The lowest BCUT2D eigenvalue weighted by Gasteiger charge is -2.23. The molecule has 1 aliphatic heterocycles. The Bertz CT molecular complexity index is 822. The summed E-state index contributed by atoms with van der Waals surface area (Å²) in [5.74, 6) is 2.05. The molecule has 0 bridgehead atoms. The molecule has 0 spiro atoms. The third-order valence-electron chi connectivity index (χ3n) is 3.79. The zero-order valence-electron chi connectivity index (χ0n) is 11.3. The molecule has 0 aromatic carbocycles. The van der Waals surface area contributed by atoms with Crippen LogP contribution in [-0.4, -0.2) is 54.3 Å². The highest BCUT2D eigenvalue weighted by molar-refractivity contribution is 5.48. The van der Waals surface area contributed by atoms with Gasteiger partial charge in [-0.1, -0.05) is 5.92 Å². The van der Waals surface area contributed by atoms with Crippen molar-refractivity contribution in [1.29, 1.82) is 0 Å². The zero-order chi connectivity index (χ0) is 16.1. The Labute approximate surface area is 124 Å². The highest BCUT2D eigenvalue weighted by Crippen LogP contribution is 2.39. The van der Waals surface area contributed by atoms with E-state index in [1.807, 2.05) is 0 Å². The van der Waals surface area contributed by atoms with Crippen LogP contribution in [0.2, 0.25) is 0 Å². The van der Waals surface area contributed by atoms with E-state index in [-0.39, 0.29) is 17.2 Å². The topological polar surface area (TPSA) is 146 Å². The van der Waals surface area contributed by atoms with Gasteiger partial charge in [-0.25, -0.2) is 4.52 Å². The lowest BCUT2D eigenvalue weighted by Crippen LogP contribution is -2.44. The minimum absolute atomic E-state index is 0.117. The van der Waals surface area contributed by atoms with Crippen LogP contribution >= 0.6 is 0 Å². The van der Waals surface area contributed by atoms with E-state index >= 15 is 0 Å². The molecule has 0 aliphatic carbocycles. The highest BCUT2D eigenvalue weighted by atomic mass is 16.6. The zero-order valence-corrected chi connectivity index (χ0v) is 11.3. The van der Waals surface area contributed by atoms with Crippen molar-refractivity contribution in [1.82, 2.24) is 14.6 Å². The van der Waals surface area contributed by atoms with Gasteiger partial charge in [0.2, 0.25) is 5.95 Å². The smallest absolute Gasteiger partial charge is 0.276 e. The lowest BCUT2D eigenvalue weighted by atomic mass is 9.96. The van der Waals surface area contributed by atoms with Gasteiger partial charge in [-0.05, 0) is 12.1 Å². The summed E-state index contributed by atoms with van der Waals surface area (Å²) in [6.45, 7) is -0.669. The number of ether oxygens (including phenoxy) is 1. The Morgan fingerprint density at radius 3 is 2.86 bits per heavy atom. The Morgan fingerprint density at radius 1 is 1.55 bits per heavy atom. The van der Waals surface area contributed by atoms with Crippen molar-refractivity contribution in [3.8, 4) is 12.3 Å². The number of nitrogens with zero attached hydrogens (tertiary/aromatic N) is 2. The summed E-state index contributed by atoms with van der Waals surface area (Å²) in [5, 5.41) is 33.6. The van der Waals surface area contributed by atoms with E-state index in [0.29, 0.717) is 0 Å². The van der Waals surface area contributed by atoms with E-state index in [9.17, 15) is 20.1 Å². The molecular formula is C13H14N4O5. The number of nitrogens with one attached hydrogen (secondary N) is 1. The van der Waals surface area contributed by atoms with Crippen molar-refractivity contribution in [2.24, 2.45) is 0 Å². The van der Waals surface area contributed by atoms with E-state index in [1.54, 1.807) is 0 Å². The van der Waals surface area contributed by atoms with Gasteiger partial charge in [0.1, 0.15) is 23.8 Å². The maximum Gasteiger partial charge on any atom is 0.276 e. The summed E-state index contributed by atoms with van der Waals surface area (Å²) < 4.78 is 6.71. The molecule has 0 radical (unpaired) electrons. The molecule has 9 heteroatoms. The lowest BCUT2D eigenvalue weighted by molar-refractivity contribution is -0.0732. The number of nitrogens with two attached hydrogens (primary N) is 1. The SMILES string of the molecule is C#C[C@]1(CO)O[C@@H](c2ccc3c(=O)[nH]c(N)nn23)C(O)[C@H]1O. The van der Waals surface area contributed by atoms with Gasteiger partial charge in [-0.15, -0.1) is 11.5 Å². The number of aliphatic hydroxyl groups is 3. The second-order valence-corrected chi connectivity index (χ2v) is 5.06. The molecule has 116 valence electrons. The molecule has 1 aliphatic rings. The van der Waals surface area contributed by atoms with E-state index in [2.05, 4.69) is 16.0 Å². The Morgan fingerprint density at radius 2 is 2.27 bits per heavy atom. The van der Waals surface area contributed by atoms with Crippen molar-refractivity contribution in [2.75, 3.05) is 12.3 Å². The predicted octanol–water partition coefficient (Wildman–Crippen LogP) is -2.24. The van der Waals surface area contributed by atoms with Crippen LogP contribution in [0.15, 0.2) is 16.9 Å². The first-order valence-corrected chi connectivity index (χ1v) is 6.43. The second-order valence-electron chi connectivity index (χ2n) is 5.06. The number of nitrogen functional groups attached to an aromatic ring is 1. The predicted molar refractivity (Wildman–Crippen MR) is 74.7 cm³/mol. The summed E-state index contributed by atoms with van der Waals surface area (Å²) >= 11 is 0. The molecule has 9 nitrogen and oxygen atoms in total. The molecule has 1 fully saturated rings. The van der Waals surface area contributed by atoms with Gasteiger partial charge in [0.25, 0.3) is 5.56 Å². The number of hydrogen-bond acceptors (Lipinski definition) is 7. The normalized spacial score (nSPS) is 31.5. The third kappa shape index (κ3) is 1.83. The van der Waals surface area contributed by atoms with Crippen LogP contribution in [0.25, 0.3) is 5.52 Å². The molecule has 3 heterocycles. The van der Waals surface area contributed by atoms with Crippen LogP contribution in [-0.2, 0) is 4.74 Å². The van der Waals surface area contributed by atoms with Crippen molar-refractivity contribution in [3.05, 3.63) is 28.2 Å². The highest BCUT2D eigenvalue weighted by Gasteiger charge is 2.54. The molecule has 4 atom stereocenters. The number of rotatable bonds is 2. The van der Waals surface area contributed by atoms with Crippen LogP contribution in [0.4, 0.5) is 5.95 Å². The first-order chi connectivity index (χ1) is 10.4. The number of aromatic amines is 1. The quantitative estimate of drug-likeness (QED) is 0.394. The van der Waals surface area contributed by atoms with E-state index in [1.165, 1.54) is 16.6 Å². The van der Waals surface area contributed by atoms with Gasteiger partial charge in [0, 0.05) is 0 Å². The van der Waals surface area contributed by atoms with Crippen LogP contribution in [0.3, 0.4) is 0 Å². The maximum absolute atomic E-state index is 11.8. The van der Waals surface area contributed by atoms with E-state index in [0.717, 1.165) is 0 Å². The van der Waals surface area contributed by atoms with Crippen LogP contribution in [0, 0.1) is 12.3 Å². The maximum atomic E-state index is 11.8. The van der Waals surface area contributed by atoms with Crippen molar-refractivity contribution in [2.45, 2.75) is 23.9 Å². The first-order valence-electron chi connectivity index (χ1n) is 6.43. The van der Waals surface area contributed by atoms with Gasteiger partial charge in [-0.2, -0.15) is 0 Å². The van der Waals surface area contributed by atoms with E-state index in [4.69, 9.17) is 16.9 Å². The largest absolute Gasteiger partial charge is 0.392 e. The average molecular weight is 306 g/mol. The molecule has 0 amide bonds. The number of anilines is 1. The van der Waals surface area contributed by atoms with E-state index < -0.39 is 36.1 Å². The van der Waals surface area contributed by atoms with Crippen molar-refractivity contribution < 1.29 is 20.1 Å². The molecule has 1 saturated heterocycles. The van der Waals surface area contributed by atoms with Crippen molar-refractivity contribution >= 4 is 11.5 Å². The average Bonchev–Trinajstić information content (AvgIpc) is 3.01. The van der Waals surface area contributed by atoms with Crippen LogP contribution < -0.4 is 11.3 Å². The number of terminal acetylenes is 1. The standard InChI is InChI=1S/C13H14N4O5/c1-2-13(5-18)10(20)8(19)9(22-13)6-3-4-7-11(21)15-12(14)16-17(6)7/h1,3-4,8-10,18-20H,5H2,(H3,14,15,16,21)/t8?,9-,10+,13+/m0/s1. The van der Waals surface area contributed by atoms with Gasteiger partial charge in [0.15, 0.2) is 5.60 Å². The Kier molecular flexibility index (Phi) is 3.19. The molecule has 2 aromatic heterocycles. The second kappa shape index (κ2) is 4.82. The van der Waals surface area contributed by atoms with Gasteiger partial charge in [0.05, 0.1) is 12.3 Å². The summed E-state index contributed by atoms with van der Waals surface area (Å²) in [5.41, 5.74) is 3.80. The fourth-order valence-electron chi connectivity index (χ4n) is 2.60. The number of aromatic nitrogens is 3. The van der Waals surface area contributed by atoms with Crippen LogP contribution in [0.5, 0.6) is 0 Å². The molecule has 1 unspecified atom stereocenters. The summed E-state index contributed by atoms with van der Waals surface area (Å²) in [7, 11) is 0. The molecule has 22 heavy (non-hydrogen) atoms. The van der Waals surface area contributed by atoms with Gasteiger partial charge >= 0.3 is 0 Å². The molecule has 0 saturated carbocycles. The van der Waals surface area contributed by atoms with Crippen LogP contribution in [0.1, 0.15) is 11.8 Å². The summed E-state index contributed by atoms with van der Waals surface area (Å²) in [6.07, 6.45) is 1.34. The van der Waals surface area contributed by atoms with Crippen molar-refractivity contribution in [3.63, 3.8) is 0 Å². The molecular weight excluding hydrogens is 292 g/mol. The first kappa shape index (κ1) is 14.6. The Balaban J connectivity index is 2.13. The van der Waals surface area contributed by atoms with Gasteiger partial charge < -0.3 is 25.8 Å². The Hall–Kier alpha value is -2.38. The fraction of sp³-hybridized carbons (Fsp3) is 0.385. The fourth-order valence-corrected chi connectivity index (χ4v) is 2.60. The molecule has 2 aromatic rings. The summed E-state index contributed by atoms with van der Waals surface area (Å²) in [4.78, 5) is 14.1. The third-order valence-corrected chi connectivity index (χ3v) is 3.79. The monoisotopic (exact) mass is 306 g/mol. The minimum atomic E-state index is -1.72. The summed E-state index contributed by atoms with van der Waals surface area (Å²) in [6, 6.07) is 2.97. The molecule has 3 rings (SSSR count).